The second kappa shape index (κ2) is 4.75. The van der Waals surface area contributed by atoms with E-state index in [0.29, 0.717) is 0 Å². The summed E-state index contributed by atoms with van der Waals surface area (Å²) in [5.41, 5.74) is 8.28. The van der Waals surface area contributed by atoms with E-state index in [9.17, 15) is 0 Å². The molecule has 0 N–H and O–H groups in total. The summed E-state index contributed by atoms with van der Waals surface area (Å²) in [6, 6.07) is 13.5. The van der Waals surface area contributed by atoms with Gasteiger partial charge in [-0.25, -0.2) is 0 Å². The Morgan fingerprint density at radius 1 is 0.706 bits per heavy atom. The van der Waals surface area contributed by atoms with Crippen molar-refractivity contribution in [3.05, 3.63) is 69.8 Å². The highest BCUT2D eigenvalue weighted by Gasteiger charge is 2.02. The van der Waals surface area contributed by atoms with Crippen LogP contribution in [0.1, 0.15) is 33.4 Å². The summed E-state index contributed by atoms with van der Waals surface area (Å²) in [6.07, 6.45) is 1.04. The second-order valence-electron chi connectivity index (χ2n) is 5.10. The minimum atomic E-state index is 1.04. The first kappa shape index (κ1) is 11.9. The van der Waals surface area contributed by atoms with E-state index in [1.165, 1.54) is 33.4 Å². The monoisotopic (exact) mass is 224 g/mol. The van der Waals surface area contributed by atoms with Crippen LogP contribution in [0.3, 0.4) is 0 Å². The molecule has 0 aliphatic carbocycles. The third kappa shape index (κ3) is 2.97. The highest BCUT2D eigenvalue weighted by Crippen LogP contribution is 2.17. The Morgan fingerprint density at radius 3 is 2.00 bits per heavy atom. The van der Waals surface area contributed by atoms with Gasteiger partial charge in [0.15, 0.2) is 0 Å². The fraction of sp³-hybridized carbons (Fsp3) is 0.294. The van der Waals surface area contributed by atoms with Crippen molar-refractivity contribution in [2.45, 2.75) is 34.1 Å². The summed E-state index contributed by atoms with van der Waals surface area (Å²) < 4.78 is 0. The van der Waals surface area contributed by atoms with E-state index in [0.717, 1.165) is 6.42 Å². The summed E-state index contributed by atoms with van der Waals surface area (Å²) in [6.45, 7) is 8.68. The average Bonchev–Trinajstić information content (AvgIpc) is 2.22. The molecule has 0 saturated carbocycles. The first-order chi connectivity index (χ1) is 8.04. The Bertz CT molecular complexity index is 515. The van der Waals surface area contributed by atoms with E-state index in [-0.39, 0.29) is 0 Å². The van der Waals surface area contributed by atoms with Gasteiger partial charge in [-0.1, -0.05) is 53.1 Å². The van der Waals surface area contributed by atoms with Crippen LogP contribution in [0.25, 0.3) is 0 Å². The maximum absolute atomic E-state index is 2.30. The van der Waals surface area contributed by atoms with Crippen LogP contribution in [-0.2, 0) is 6.42 Å². The molecule has 0 unspecified atom stereocenters. The standard InChI is InChI=1S/C17H20/c1-12-5-6-15(4)17(10-12)11-16-8-13(2)7-14(3)9-16/h5-10H,11H2,1-4H3. The van der Waals surface area contributed by atoms with Crippen LogP contribution in [0, 0.1) is 27.7 Å². The van der Waals surface area contributed by atoms with Crippen LogP contribution in [0.5, 0.6) is 0 Å². The molecule has 2 aromatic rings. The molecule has 2 aromatic carbocycles. The molecule has 0 heteroatoms. The SMILES string of the molecule is Cc1cc(C)cc(Cc2cc(C)ccc2C)c1. The van der Waals surface area contributed by atoms with Crippen LogP contribution in [0.15, 0.2) is 36.4 Å². The van der Waals surface area contributed by atoms with Crippen molar-refractivity contribution in [2.75, 3.05) is 0 Å². The molecular formula is C17H20. The van der Waals surface area contributed by atoms with Crippen LogP contribution >= 0.6 is 0 Å². The lowest BCUT2D eigenvalue weighted by atomic mass is 9.96. The molecule has 0 atom stereocenters. The van der Waals surface area contributed by atoms with Gasteiger partial charge >= 0.3 is 0 Å². The van der Waals surface area contributed by atoms with Crippen molar-refractivity contribution >= 4 is 0 Å². The lowest BCUT2D eigenvalue weighted by Gasteiger charge is -2.09. The van der Waals surface area contributed by atoms with Gasteiger partial charge in [0.05, 0.1) is 0 Å². The zero-order chi connectivity index (χ0) is 12.4. The lowest BCUT2D eigenvalue weighted by Crippen LogP contribution is -1.94. The molecule has 17 heavy (non-hydrogen) atoms. The number of aryl methyl sites for hydroxylation is 4. The van der Waals surface area contributed by atoms with Crippen molar-refractivity contribution < 1.29 is 0 Å². The largest absolute Gasteiger partial charge is 0.0590 e. The predicted octanol–water partition coefficient (Wildman–Crippen LogP) is 4.51. The molecule has 0 aromatic heterocycles. The van der Waals surface area contributed by atoms with Gasteiger partial charge < -0.3 is 0 Å². The Kier molecular flexibility index (Phi) is 3.33. The molecule has 88 valence electrons. The van der Waals surface area contributed by atoms with Crippen LogP contribution < -0.4 is 0 Å². The maximum Gasteiger partial charge on any atom is -0.00229 e. The summed E-state index contributed by atoms with van der Waals surface area (Å²) in [5.74, 6) is 0. The molecule has 0 bridgehead atoms. The van der Waals surface area contributed by atoms with Crippen LogP contribution in [-0.4, -0.2) is 0 Å². The van der Waals surface area contributed by atoms with Crippen molar-refractivity contribution in [1.29, 1.82) is 0 Å². The van der Waals surface area contributed by atoms with Crippen molar-refractivity contribution in [2.24, 2.45) is 0 Å². The molecule has 0 saturated heterocycles. The zero-order valence-corrected chi connectivity index (χ0v) is 11.2. The molecule has 0 amide bonds. The van der Waals surface area contributed by atoms with Gasteiger partial charge in [-0.05, 0) is 50.8 Å². The maximum atomic E-state index is 2.30. The molecular weight excluding hydrogens is 204 g/mol. The smallest absolute Gasteiger partial charge is 0.00229 e. The zero-order valence-electron chi connectivity index (χ0n) is 11.2. The fourth-order valence-electron chi connectivity index (χ4n) is 2.38. The summed E-state index contributed by atoms with van der Waals surface area (Å²) in [7, 11) is 0. The molecule has 0 spiro atoms. The number of benzene rings is 2. The first-order valence-electron chi connectivity index (χ1n) is 6.18. The van der Waals surface area contributed by atoms with Gasteiger partial charge in [-0.15, -0.1) is 0 Å². The van der Waals surface area contributed by atoms with E-state index in [2.05, 4.69) is 64.1 Å². The molecule has 0 aliphatic rings. The second-order valence-corrected chi connectivity index (χ2v) is 5.10. The summed E-state index contributed by atoms with van der Waals surface area (Å²) in [4.78, 5) is 0. The Hall–Kier alpha value is -1.56. The quantitative estimate of drug-likeness (QED) is 0.704. The third-order valence-corrected chi connectivity index (χ3v) is 3.18. The Labute approximate surface area is 104 Å². The summed E-state index contributed by atoms with van der Waals surface area (Å²) >= 11 is 0. The lowest BCUT2D eigenvalue weighted by molar-refractivity contribution is 1.13. The van der Waals surface area contributed by atoms with E-state index in [4.69, 9.17) is 0 Å². The molecule has 0 fully saturated rings. The van der Waals surface area contributed by atoms with Gasteiger partial charge in [-0.2, -0.15) is 0 Å². The van der Waals surface area contributed by atoms with E-state index >= 15 is 0 Å². The normalized spacial score (nSPS) is 10.6. The highest BCUT2D eigenvalue weighted by molar-refractivity contribution is 5.37. The van der Waals surface area contributed by atoms with Gasteiger partial charge in [0, 0.05) is 0 Å². The molecule has 0 radical (unpaired) electrons. The Balaban J connectivity index is 2.34. The minimum absolute atomic E-state index is 1.04. The van der Waals surface area contributed by atoms with Gasteiger partial charge in [0.25, 0.3) is 0 Å². The molecule has 0 nitrogen and oxygen atoms in total. The number of hydrogen-bond acceptors (Lipinski definition) is 0. The fourth-order valence-corrected chi connectivity index (χ4v) is 2.38. The number of hydrogen-bond donors (Lipinski definition) is 0. The van der Waals surface area contributed by atoms with E-state index in [1.807, 2.05) is 0 Å². The van der Waals surface area contributed by atoms with Crippen molar-refractivity contribution in [3.63, 3.8) is 0 Å². The van der Waals surface area contributed by atoms with E-state index in [1.54, 1.807) is 0 Å². The topological polar surface area (TPSA) is 0 Å². The molecule has 0 aliphatic heterocycles. The molecule has 0 heterocycles. The van der Waals surface area contributed by atoms with E-state index < -0.39 is 0 Å². The number of rotatable bonds is 2. The van der Waals surface area contributed by atoms with Crippen LogP contribution in [0.2, 0.25) is 0 Å². The highest BCUT2D eigenvalue weighted by atomic mass is 14.1. The third-order valence-electron chi connectivity index (χ3n) is 3.18. The van der Waals surface area contributed by atoms with Gasteiger partial charge in [0.1, 0.15) is 0 Å². The van der Waals surface area contributed by atoms with Gasteiger partial charge in [-0.3, -0.25) is 0 Å². The Morgan fingerprint density at radius 2 is 1.35 bits per heavy atom. The molecule has 2 rings (SSSR count). The first-order valence-corrected chi connectivity index (χ1v) is 6.18. The predicted molar refractivity (Wildman–Crippen MR) is 74.6 cm³/mol. The van der Waals surface area contributed by atoms with Crippen LogP contribution in [0.4, 0.5) is 0 Å². The minimum Gasteiger partial charge on any atom is -0.0590 e. The van der Waals surface area contributed by atoms with Gasteiger partial charge in [0.2, 0.25) is 0 Å². The summed E-state index contributed by atoms with van der Waals surface area (Å²) in [5, 5.41) is 0. The average molecular weight is 224 g/mol. The van der Waals surface area contributed by atoms with Crippen molar-refractivity contribution in [1.82, 2.24) is 0 Å². The van der Waals surface area contributed by atoms with Crippen molar-refractivity contribution in [3.8, 4) is 0 Å².